The molecular formula is C52H74O19. The molecule has 6 N–H and O–H groups in total. The van der Waals surface area contributed by atoms with Gasteiger partial charge < -0.3 is 78.0 Å². The number of aliphatic hydroxyl groups is 6. The van der Waals surface area contributed by atoms with Crippen LogP contribution in [-0.4, -0.2) is 178 Å². The van der Waals surface area contributed by atoms with Crippen LogP contribution >= 0.6 is 0 Å². The number of hydrogen-bond acceptors (Lipinski definition) is 19. The maximum Gasteiger partial charge on any atom is 0.338 e. The predicted octanol–water partition coefficient (Wildman–Crippen LogP) is 2.41. The van der Waals surface area contributed by atoms with E-state index in [0.717, 1.165) is 6.42 Å². The molecule has 24 atom stereocenters. The first-order valence-electron chi connectivity index (χ1n) is 25.5. The van der Waals surface area contributed by atoms with Gasteiger partial charge in [0.1, 0.15) is 78.0 Å². The molecule has 1 aromatic rings. The van der Waals surface area contributed by atoms with E-state index < -0.39 is 145 Å². The van der Waals surface area contributed by atoms with Crippen LogP contribution in [0.3, 0.4) is 0 Å². The quantitative estimate of drug-likeness (QED) is 0.0717. The smallest absolute Gasteiger partial charge is 0.338 e. The first-order valence-corrected chi connectivity index (χ1v) is 25.5. The molecular weight excluding hydrogens is 929 g/mol. The molecule has 4 aliphatic heterocycles. The van der Waals surface area contributed by atoms with Crippen LogP contribution in [0.15, 0.2) is 42.0 Å². The first-order chi connectivity index (χ1) is 33.7. The summed E-state index contributed by atoms with van der Waals surface area (Å²) in [5.74, 6) is -1.90. The maximum atomic E-state index is 14.1. The number of Topliss-reactive ketones (excluding diaryl/α,β-unsaturated/α-hetero) is 1. The van der Waals surface area contributed by atoms with Gasteiger partial charge >= 0.3 is 11.9 Å². The van der Waals surface area contributed by atoms with E-state index in [1.54, 1.807) is 65.0 Å². The summed E-state index contributed by atoms with van der Waals surface area (Å²) in [5.41, 5.74) is -2.17. The van der Waals surface area contributed by atoms with Crippen molar-refractivity contribution < 1.29 is 92.4 Å². The number of ketones is 1. The van der Waals surface area contributed by atoms with Gasteiger partial charge in [0.05, 0.1) is 36.6 Å². The van der Waals surface area contributed by atoms with Crippen molar-refractivity contribution in [1.82, 2.24) is 0 Å². The second-order valence-electron chi connectivity index (χ2n) is 22.0. The highest BCUT2D eigenvalue weighted by molar-refractivity contribution is 5.90. The lowest BCUT2D eigenvalue weighted by atomic mass is 9.43. The summed E-state index contributed by atoms with van der Waals surface area (Å²) in [7, 11) is 1.34. The second-order valence-corrected chi connectivity index (χ2v) is 22.0. The summed E-state index contributed by atoms with van der Waals surface area (Å²) in [6, 6.07) is 8.71. The van der Waals surface area contributed by atoms with Crippen molar-refractivity contribution in [1.29, 1.82) is 0 Å². The Balaban J connectivity index is 0.887. The summed E-state index contributed by atoms with van der Waals surface area (Å²) in [6.07, 6.45) is -12.9. The highest BCUT2D eigenvalue weighted by Gasteiger charge is 2.91. The van der Waals surface area contributed by atoms with Crippen molar-refractivity contribution in [2.24, 2.45) is 28.6 Å². The van der Waals surface area contributed by atoms with Crippen molar-refractivity contribution in [3.05, 3.63) is 47.5 Å². The number of aliphatic hydroxyl groups excluding tert-OH is 6. The van der Waals surface area contributed by atoms with E-state index >= 15 is 0 Å². The highest BCUT2D eigenvalue weighted by Crippen LogP contribution is 2.81. The predicted molar refractivity (Wildman–Crippen MR) is 246 cm³/mol. The number of ether oxygens (including phenoxy) is 10. The van der Waals surface area contributed by atoms with Crippen molar-refractivity contribution in [2.45, 2.75) is 215 Å². The van der Waals surface area contributed by atoms with Crippen LogP contribution in [0.4, 0.5) is 0 Å². The zero-order valence-electron chi connectivity index (χ0n) is 41.9. The standard InChI is InChI=1S/C52H74O19/c1-9-24(2)45(60)67-42-43-49(6)18-16-30(21-29(49)15-19-51(43)52(71-51)20-17-31(25(3)54)50(52,7)44(42)70-46(61)28-13-11-10-12-14-28)65-34-22-32(55)39(26(4)63-34)68-48-38(59)41(62-8)40(27(5)64-48)69-47-37(58)36(57)35(56)33(23-53)66-47/h9-14,26-27,29-44,47-48,53,55-59H,15-23H2,1-8H3/b24-9+/t26-,27-,29?,30+,31-,32-,33-,34+,35-,36+,37-,38-,39-,40-,41+,42+,43-,44-,47+,48+,49+,50+,51+,52-/m1/s1. The molecule has 9 rings (SSSR count). The lowest BCUT2D eigenvalue weighted by Crippen LogP contribution is -2.70. The van der Waals surface area contributed by atoms with Crippen molar-refractivity contribution in [3.63, 3.8) is 0 Å². The van der Waals surface area contributed by atoms with Gasteiger partial charge in [-0.2, -0.15) is 0 Å². The molecule has 1 aromatic carbocycles. The number of benzene rings is 1. The molecule has 4 heterocycles. The monoisotopic (exact) mass is 1000 g/mol. The molecule has 0 amide bonds. The van der Waals surface area contributed by atoms with Gasteiger partial charge in [-0.15, -0.1) is 0 Å². The number of epoxide rings is 1. The molecule has 4 aliphatic carbocycles. The summed E-state index contributed by atoms with van der Waals surface area (Å²) < 4.78 is 62.9. The van der Waals surface area contributed by atoms with E-state index in [4.69, 9.17) is 47.4 Å². The summed E-state index contributed by atoms with van der Waals surface area (Å²) in [4.78, 5) is 41.7. The molecule has 0 bridgehead atoms. The number of methoxy groups -OCH3 is 1. The van der Waals surface area contributed by atoms with Gasteiger partial charge in [0.25, 0.3) is 0 Å². The lowest BCUT2D eigenvalue weighted by molar-refractivity contribution is -0.371. The average molecular weight is 1000 g/mol. The fourth-order valence-electron chi connectivity index (χ4n) is 14.5. The third-order valence-corrected chi connectivity index (χ3v) is 18.3. The Labute approximate surface area is 414 Å². The van der Waals surface area contributed by atoms with E-state index in [9.17, 15) is 45.0 Å². The number of fused-ring (bicyclic) bond motifs is 2. The Bertz CT molecular complexity index is 2130. The number of allylic oxidation sites excluding steroid dienone is 1. The zero-order chi connectivity index (χ0) is 51.1. The van der Waals surface area contributed by atoms with Crippen LogP contribution in [0.2, 0.25) is 0 Å². The molecule has 19 heteroatoms. The van der Waals surface area contributed by atoms with Gasteiger partial charge in [-0.25, -0.2) is 9.59 Å². The number of hydrogen-bond donors (Lipinski definition) is 6. The van der Waals surface area contributed by atoms with Gasteiger partial charge in [-0.1, -0.05) is 38.1 Å². The summed E-state index contributed by atoms with van der Waals surface area (Å²) in [5, 5.41) is 63.8. The van der Waals surface area contributed by atoms with Crippen molar-refractivity contribution >= 4 is 17.7 Å². The third-order valence-electron chi connectivity index (χ3n) is 18.3. The minimum absolute atomic E-state index is 0.0192. The Morgan fingerprint density at radius 1 is 0.761 bits per heavy atom. The van der Waals surface area contributed by atoms with Gasteiger partial charge in [-0.3, -0.25) is 4.79 Å². The number of carbonyl (C=O) groups is 3. The van der Waals surface area contributed by atoms with Crippen molar-refractivity contribution in [3.8, 4) is 0 Å². The van der Waals surface area contributed by atoms with Gasteiger partial charge in [0.2, 0.25) is 0 Å². The van der Waals surface area contributed by atoms with E-state index in [1.807, 2.05) is 13.0 Å². The molecule has 19 nitrogen and oxygen atoms in total. The summed E-state index contributed by atoms with van der Waals surface area (Å²) in [6.45, 7) is 12.0. The van der Waals surface area contributed by atoms with Gasteiger partial charge in [-0.05, 0) is 103 Å². The number of esters is 2. The highest BCUT2D eigenvalue weighted by atomic mass is 16.8. The largest absolute Gasteiger partial charge is 0.455 e. The molecule has 8 aliphatic rings. The molecule has 71 heavy (non-hydrogen) atoms. The van der Waals surface area contributed by atoms with Crippen LogP contribution < -0.4 is 0 Å². The van der Waals surface area contributed by atoms with Crippen LogP contribution in [0.25, 0.3) is 0 Å². The normalized spacial score (nSPS) is 49.4. The minimum atomic E-state index is -1.69. The zero-order valence-corrected chi connectivity index (χ0v) is 41.9. The Kier molecular flexibility index (Phi) is 14.8. The molecule has 396 valence electrons. The van der Waals surface area contributed by atoms with E-state index in [2.05, 4.69) is 6.92 Å². The molecule has 0 aromatic heterocycles. The average Bonchev–Trinajstić information content (AvgIpc) is 3.90. The molecule has 4 saturated carbocycles. The number of carbonyl (C=O) groups excluding carboxylic acids is 3. The summed E-state index contributed by atoms with van der Waals surface area (Å²) >= 11 is 0. The van der Waals surface area contributed by atoms with E-state index in [-0.39, 0.29) is 30.1 Å². The molecule has 1 unspecified atom stereocenters. The SMILES string of the molecule is C/C=C(\C)C(=O)O[C@@H]1[C@@H](OC(=O)c2ccccc2)[C@]2(C)[C@@H](C(C)=O)CC[C@@]23O[C@]32CCC3C[C@@H](O[C@H]4C[C@@H](O)[C@H](O[C@@H]5O[C@H](C)[C@@H](O[C@@H]6O[C@H](CO)[C@@H](O)[C@H](O)[C@H]6O)[C@@H](OC)[C@H]5O)[C@@H](C)O4)CC[C@]3(C)[C@@H]12. The second kappa shape index (κ2) is 19.9. The van der Waals surface area contributed by atoms with Gasteiger partial charge in [0, 0.05) is 36.4 Å². The first kappa shape index (κ1) is 52.9. The molecule has 4 saturated heterocycles. The minimum Gasteiger partial charge on any atom is -0.455 e. The Morgan fingerprint density at radius 3 is 2.11 bits per heavy atom. The third kappa shape index (κ3) is 8.64. The maximum absolute atomic E-state index is 14.1. The fraction of sp³-hybridized carbons (Fsp3) is 0.788. The van der Waals surface area contributed by atoms with Crippen LogP contribution in [-0.2, 0) is 57.0 Å². The molecule has 0 radical (unpaired) electrons. The van der Waals surface area contributed by atoms with Crippen LogP contribution in [0, 0.1) is 28.6 Å². The lowest BCUT2D eigenvalue weighted by Gasteiger charge is -2.61. The Hall–Kier alpha value is -2.99. The number of rotatable bonds is 13. The van der Waals surface area contributed by atoms with Gasteiger partial charge in [0.15, 0.2) is 18.9 Å². The Morgan fingerprint density at radius 2 is 1.45 bits per heavy atom. The van der Waals surface area contributed by atoms with Crippen molar-refractivity contribution in [2.75, 3.05) is 13.7 Å². The van der Waals surface area contributed by atoms with E-state index in [0.29, 0.717) is 49.7 Å². The molecule has 2 spiro atoms. The fourth-order valence-corrected chi connectivity index (χ4v) is 14.5. The van der Waals surface area contributed by atoms with E-state index in [1.165, 1.54) is 7.11 Å². The van der Waals surface area contributed by atoms with Crippen LogP contribution in [0.5, 0.6) is 0 Å². The molecule has 8 fully saturated rings. The topological polar surface area (TPSA) is 268 Å². The van der Waals surface area contributed by atoms with Crippen LogP contribution in [0.1, 0.15) is 110 Å².